The summed E-state index contributed by atoms with van der Waals surface area (Å²) in [7, 11) is 0. The van der Waals surface area contributed by atoms with Gasteiger partial charge < -0.3 is 14.6 Å². The van der Waals surface area contributed by atoms with Crippen LogP contribution in [0.15, 0.2) is 17.2 Å². The highest BCUT2D eigenvalue weighted by Gasteiger charge is 2.16. The van der Waals surface area contributed by atoms with E-state index in [0.717, 1.165) is 11.3 Å². The maximum absolute atomic E-state index is 11.8. The number of carbonyl (C=O) groups is 1. The van der Waals surface area contributed by atoms with E-state index in [1.54, 1.807) is 26.0 Å². The molecule has 7 nitrogen and oxygen atoms in total. The third-order valence-corrected chi connectivity index (χ3v) is 4.31. The molecule has 0 aliphatic carbocycles. The van der Waals surface area contributed by atoms with Crippen LogP contribution in [0.25, 0.3) is 0 Å². The third-order valence-electron chi connectivity index (χ3n) is 2.98. The molecule has 0 aliphatic rings. The smallest absolute Gasteiger partial charge is 0.350 e. The Hall–Kier alpha value is -2.32. The summed E-state index contributed by atoms with van der Waals surface area (Å²) < 4.78 is 10.3. The number of anilines is 1. The summed E-state index contributed by atoms with van der Waals surface area (Å²) in [5, 5.41) is 14.5. The molecule has 0 bridgehead atoms. The van der Waals surface area contributed by atoms with Crippen LogP contribution in [-0.4, -0.2) is 35.5 Å². The van der Waals surface area contributed by atoms with Gasteiger partial charge in [0.2, 0.25) is 5.13 Å². The number of rotatable bonds is 7. The van der Waals surface area contributed by atoms with Crippen LogP contribution < -0.4 is 10.2 Å². The molecule has 0 aliphatic heterocycles. The molecule has 134 valence electrons. The van der Waals surface area contributed by atoms with Crippen molar-refractivity contribution in [3.63, 3.8) is 0 Å². The van der Waals surface area contributed by atoms with E-state index in [0.29, 0.717) is 34.5 Å². The predicted octanol–water partition coefficient (Wildman–Crippen LogP) is 3.83. The Bertz CT molecular complexity index is 792. The summed E-state index contributed by atoms with van der Waals surface area (Å²) in [5.74, 6) is -0.226. The largest absolute Gasteiger partial charge is 0.503 e. The van der Waals surface area contributed by atoms with Gasteiger partial charge in [-0.15, -0.1) is 0 Å². The molecule has 0 atom stereocenters. The van der Waals surface area contributed by atoms with E-state index in [1.165, 1.54) is 6.21 Å². The van der Waals surface area contributed by atoms with Crippen LogP contribution in [0.4, 0.5) is 5.13 Å². The van der Waals surface area contributed by atoms with Gasteiger partial charge in [0.05, 0.1) is 30.1 Å². The van der Waals surface area contributed by atoms with Crippen LogP contribution in [-0.2, 0) is 4.74 Å². The molecule has 2 aromatic rings. The third kappa shape index (κ3) is 4.83. The number of hydrogen-bond donors (Lipinski definition) is 2. The second-order valence-electron chi connectivity index (χ2n) is 4.81. The number of nitrogens with one attached hydrogen (secondary N) is 1. The zero-order chi connectivity index (χ0) is 18.4. The summed E-state index contributed by atoms with van der Waals surface area (Å²) in [5.41, 5.74) is 3.97. The number of hydrogen-bond acceptors (Lipinski definition) is 8. The van der Waals surface area contributed by atoms with Crippen molar-refractivity contribution in [2.75, 3.05) is 18.6 Å². The molecule has 0 unspecified atom stereocenters. The Morgan fingerprint density at radius 3 is 2.88 bits per heavy atom. The van der Waals surface area contributed by atoms with E-state index in [1.807, 2.05) is 6.92 Å². The topological polar surface area (TPSA) is 93.0 Å². The van der Waals surface area contributed by atoms with Gasteiger partial charge >= 0.3 is 5.97 Å². The highest BCUT2D eigenvalue weighted by atomic mass is 35.5. The minimum atomic E-state index is -0.402. The molecule has 0 radical (unpaired) electrons. The summed E-state index contributed by atoms with van der Waals surface area (Å²) in [6.07, 6.45) is 1.51. The monoisotopic (exact) mass is 383 g/mol. The molecule has 9 heteroatoms. The second kappa shape index (κ2) is 8.68. The number of benzene rings is 1. The van der Waals surface area contributed by atoms with Crippen molar-refractivity contribution < 1.29 is 19.4 Å². The lowest BCUT2D eigenvalue weighted by molar-refractivity contribution is 0.0531. The first-order chi connectivity index (χ1) is 12.0. The van der Waals surface area contributed by atoms with Crippen LogP contribution in [0.5, 0.6) is 11.5 Å². The van der Waals surface area contributed by atoms with E-state index < -0.39 is 5.97 Å². The van der Waals surface area contributed by atoms with Gasteiger partial charge in [-0.25, -0.2) is 9.78 Å². The lowest BCUT2D eigenvalue weighted by atomic mass is 10.2. The maximum atomic E-state index is 11.8. The summed E-state index contributed by atoms with van der Waals surface area (Å²) in [4.78, 5) is 16.4. The summed E-state index contributed by atoms with van der Waals surface area (Å²) in [6.45, 7) is 5.99. The molecular formula is C16H18ClN3O4S. The normalized spacial score (nSPS) is 10.9. The molecule has 0 spiro atoms. The Kier molecular flexibility index (Phi) is 6.60. The molecule has 0 saturated heterocycles. The first kappa shape index (κ1) is 19.0. The van der Waals surface area contributed by atoms with Crippen LogP contribution >= 0.6 is 22.9 Å². The van der Waals surface area contributed by atoms with Crippen molar-refractivity contribution >= 4 is 40.3 Å². The van der Waals surface area contributed by atoms with E-state index in [2.05, 4.69) is 15.5 Å². The van der Waals surface area contributed by atoms with Crippen LogP contribution in [0.3, 0.4) is 0 Å². The van der Waals surface area contributed by atoms with Crippen LogP contribution in [0.2, 0.25) is 5.02 Å². The lowest BCUT2D eigenvalue weighted by Gasteiger charge is -2.08. The lowest BCUT2D eigenvalue weighted by Crippen LogP contribution is -2.03. The number of phenols is 1. The van der Waals surface area contributed by atoms with E-state index in [9.17, 15) is 9.90 Å². The zero-order valence-corrected chi connectivity index (χ0v) is 15.6. The van der Waals surface area contributed by atoms with Crippen molar-refractivity contribution in [2.45, 2.75) is 20.8 Å². The van der Waals surface area contributed by atoms with Gasteiger partial charge in [0.25, 0.3) is 0 Å². The van der Waals surface area contributed by atoms with Gasteiger partial charge in [-0.3, -0.25) is 5.43 Å². The van der Waals surface area contributed by atoms with Crippen molar-refractivity contribution in [1.29, 1.82) is 0 Å². The predicted molar refractivity (Wildman–Crippen MR) is 98.3 cm³/mol. The number of phenolic OH excluding ortho intramolecular Hbond substituents is 1. The summed E-state index contributed by atoms with van der Waals surface area (Å²) >= 11 is 7.12. The van der Waals surface area contributed by atoms with E-state index >= 15 is 0 Å². The fraction of sp³-hybridized carbons (Fsp3) is 0.312. The van der Waals surface area contributed by atoms with Gasteiger partial charge in [-0.1, -0.05) is 22.9 Å². The second-order valence-corrected chi connectivity index (χ2v) is 6.21. The molecule has 0 saturated carbocycles. The number of nitrogens with zero attached hydrogens (tertiary/aromatic N) is 2. The molecule has 1 heterocycles. The standard InChI is InChI=1S/C16H18ClN3O4S/c1-4-23-12-7-10(6-11(17)13(12)21)8-18-20-16-19-9(3)14(25-16)15(22)24-5-2/h6-8,21H,4-5H2,1-3H3,(H,19,20)/b18-8-. The van der Waals surface area contributed by atoms with Gasteiger partial charge in [0.1, 0.15) is 4.88 Å². The quantitative estimate of drug-likeness (QED) is 0.428. The molecule has 1 aromatic heterocycles. The van der Waals surface area contributed by atoms with Crippen molar-refractivity contribution in [1.82, 2.24) is 4.98 Å². The molecule has 0 fully saturated rings. The van der Waals surface area contributed by atoms with Crippen molar-refractivity contribution in [3.05, 3.63) is 33.3 Å². The fourth-order valence-corrected chi connectivity index (χ4v) is 2.96. The molecular weight excluding hydrogens is 366 g/mol. The molecule has 1 aromatic carbocycles. The average Bonchev–Trinajstić information content (AvgIpc) is 2.93. The minimum Gasteiger partial charge on any atom is -0.503 e. The maximum Gasteiger partial charge on any atom is 0.350 e. The molecule has 0 amide bonds. The first-order valence-electron chi connectivity index (χ1n) is 7.55. The zero-order valence-electron chi connectivity index (χ0n) is 14.0. The van der Waals surface area contributed by atoms with Crippen LogP contribution in [0.1, 0.15) is 34.8 Å². The average molecular weight is 384 g/mol. The van der Waals surface area contributed by atoms with Crippen molar-refractivity contribution in [3.8, 4) is 11.5 Å². The minimum absolute atomic E-state index is 0.108. The number of esters is 1. The first-order valence-corrected chi connectivity index (χ1v) is 8.74. The number of aromatic hydroxyl groups is 1. The summed E-state index contributed by atoms with van der Waals surface area (Å²) in [6, 6.07) is 3.18. The van der Waals surface area contributed by atoms with Gasteiger partial charge in [-0.2, -0.15) is 5.10 Å². The number of ether oxygens (including phenoxy) is 2. The van der Waals surface area contributed by atoms with E-state index in [-0.39, 0.29) is 16.5 Å². The number of hydrazone groups is 1. The Morgan fingerprint density at radius 2 is 2.20 bits per heavy atom. The van der Waals surface area contributed by atoms with Crippen molar-refractivity contribution in [2.24, 2.45) is 5.10 Å². The molecule has 25 heavy (non-hydrogen) atoms. The number of thiazole rings is 1. The number of carbonyl (C=O) groups excluding carboxylic acids is 1. The molecule has 2 rings (SSSR count). The van der Waals surface area contributed by atoms with Gasteiger partial charge in [0.15, 0.2) is 11.5 Å². The van der Waals surface area contributed by atoms with Gasteiger partial charge in [-0.05, 0) is 38.5 Å². The highest BCUT2D eigenvalue weighted by molar-refractivity contribution is 7.17. The van der Waals surface area contributed by atoms with Gasteiger partial charge in [0, 0.05) is 0 Å². The Labute approximate surface area is 154 Å². The molecule has 2 N–H and O–H groups in total. The number of halogens is 1. The fourth-order valence-electron chi connectivity index (χ4n) is 1.93. The number of aromatic nitrogens is 1. The van der Waals surface area contributed by atoms with Crippen LogP contribution in [0, 0.1) is 6.92 Å². The Balaban J connectivity index is 2.11. The SMILES string of the molecule is CCOC(=O)c1sc(N/N=C\c2cc(Cl)c(O)c(OCC)c2)nc1C. The highest BCUT2D eigenvalue weighted by Crippen LogP contribution is 2.34. The Morgan fingerprint density at radius 1 is 1.44 bits per heavy atom. The number of aryl methyl sites for hydroxylation is 1. The van der Waals surface area contributed by atoms with E-state index in [4.69, 9.17) is 21.1 Å².